The first-order valence-electron chi connectivity index (χ1n) is 7.68. The molecule has 1 fully saturated rings. The number of methoxy groups -OCH3 is 1. The van der Waals surface area contributed by atoms with Crippen LogP contribution < -0.4 is 11.1 Å². The van der Waals surface area contributed by atoms with Crippen molar-refractivity contribution in [3.8, 4) is 0 Å². The molecule has 126 valence electrons. The van der Waals surface area contributed by atoms with Crippen LogP contribution in [0.5, 0.6) is 0 Å². The quantitative estimate of drug-likeness (QED) is 0.658. The van der Waals surface area contributed by atoms with Gasteiger partial charge < -0.3 is 15.8 Å². The van der Waals surface area contributed by atoms with Gasteiger partial charge in [-0.1, -0.05) is 0 Å². The average molecular weight is 319 g/mol. The standard InChI is InChI=1S/C17H25N3O3/c1-10-6-13(18)14(7-12(10)16(22)23-5)19-15(21)11-8-20(9-11)17(2,3)4/h6-7,11H,8-9,18H2,1-5H3,(H,19,21). The van der Waals surface area contributed by atoms with E-state index in [0.717, 1.165) is 18.7 Å². The first kappa shape index (κ1) is 17.3. The van der Waals surface area contributed by atoms with E-state index in [9.17, 15) is 9.59 Å². The van der Waals surface area contributed by atoms with Crippen molar-refractivity contribution in [3.05, 3.63) is 23.3 Å². The van der Waals surface area contributed by atoms with E-state index in [2.05, 4.69) is 31.0 Å². The Hall–Kier alpha value is -2.08. The molecule has 23 heavy (non-hydrogen) atoms. The first-order valence-corrected chi connectivity index (χ1v) is 7.68. The molecule has 0 saturated carbocycles. The summed E-state index contributed by atoms with van der Waals surface area (Å²) in [6.45, 7) is 9.61. The molecular weight excluding hydrogens is 294 g/mol. The summed E-state index contributed by atoms with van der Waals surface area (Å²) in [7, 11) is 1.33. The van der Waals surface area contributed by atoms with Crippen LogP contribution in [0.4, 0.5) is 11.4 Å². The Balaban J connectivity index is 2.09. The summed E-state index contributed by atoms with van der Waals surface area (Å²) >= 11 is 0. The van der Waals surface area contributed by atoms with E-state index >= 15 is 0 Å². The van der Waals surface area contributed by atoms with Crippen molar-refractivity contribution in [3.63, 3.8) is 0 Å². The fourth-order valence-electron chi connectivity index (χ4n) is 2.60. The second-order valence-corrected chi connectivity index (χ2v) is 7.01. The van der Waals surface area contributed by atoms with Gasteiger partial charge in [0.1, 0.15) is 0 Å². The molecular formula is C17H25N3O3. The van der Waals surface area contributed by atoms with Gasteiger partial charge in [-0.3, -0.25) is 9.69 Å². The number of nitrogen functional groups attached to an aromatic ring is 1. The predicted molar refractivity (Wildman–Crippen MR) is 90.4 cm³/mol. The number of amides is 1. The summed E-state index contributed by atoms with van der Waals surface area (Å²) in [5.74, 6) is -0.575. The van der Waals surface area contributed by atoms with E-state index in [4.69, 9.17) is 10.5 Å². The average Bonchev–Trinajstić information content (AvgIpc) is 2.37. The number of hydrogen-bond donors (Lipinski definition) is 2. The zero-order valence-electron chi connectivity index (χ0n) is 14.4. The van der Waals surface area contributed by atoms with Gasteiger partial charge in [0.25, 0.3) is 0 Å². The van der Waals surface area contributed by atoms with Crippen LogP contribution in [0, 0.1) is 12.8 Å². The van der Waals surface area contributed by atoms with Crippen molar-refractivity contribution < 1.29 is 14.3 Å². The van der Waals surface area contributed by atoms with Gasteiger partial charge in [-0.2, -0.15) is 0 Å². The lowest BCUT2D eigenvalue weighted by Gasteiger charge is -2.46. The van der Waals surface area contributed by atoms with Crippen LogP contribution in [0.15, 0.2) is 12.1 Å². The first-order chi connectivity index (χ1) is 10.6. The lowest BCUT2D eigenvalue weighted by atomic mass is 9.92. The van der Waals surface area contributed by atoms with Crippen LogP contribution in [0.2, 0.25) is 0 Å². The SMILES string of the molecule is COC(=O)c1cc(NC(=O)C2CN(C(C)(C)C)C2)c(N)cc1C. The van der Waals surface area contributed by atoms with Crippen LogP contribution in [0.1, 0.15) is 36.7 Å². The molecule has 0 atom stereocenters. The maximum atomic E-state index is 12.3. The fourth-order valence-corrected chi connectivity index (χ4v) is 2.60. The number of likely N-dealkylation sites (tertiary alicyclic amines) is 1. The number of nitrogens with one attached hydrogen (secondary N) is 1. The number of carbonyl (C=O) groups excluding carboxylic acids is 2. The van der Waals surface area contributed by atoms with Crippen LogP contribution in [-0.4, -0.2) is 42.5 Å². The molecule has 1 aliphatic rings. The van der Waals surface area contributed by atoms with Crippen molar-refractivity contribution in [1.29, 1.82) is 0 Å². The van der Waals surface area contributed by atoms with Gasteiger partial charge in [-0.15, -0.1) is 0 Å². The van der Waals surface area contributed by atoms with Crippen molar-refractivity contribution in [2.75, 3.05) is 31.2 Å². The molecule has 1 aromatic rings. The normalized spacial score (nSPS) is 15.9. The number of nitrogens with two attached hydrogens (primary N) is 1. The molecule has 0 unspecified atom stereocenters. The summed E-state index contributed by atoms with van der Waals surface area (Å²) in [6, 6.07) is 3.25. The van der Waals surface area contributed by atoms with Gasteiger partial charge in [-0.25, -0.2) is 4.79 Å². The van der Waals surface area contributed by atoms with Crippen LogP contribution in [-0.2, 0) is 9.53 Å². The van der Waals surface area contributed by atoms with E-state index in [1.807, 2.05) is 0 Å². The summed E-state index contributed by atoms with van der Waals surface area (Å²) < 4.78 is 4.75. The zero-order chi connectivity index (χ0) is 17.4. The van der Waals surface area contributed by atoms with Crippen molar-refractivity contribution in [2.24, 2.45) is 5.92 Å². The maximum absolute atomic E-state index is 12.3. The molecule has 0 bridgehead atoms. The Labute approximate surface area is 137 Å². The third kappa shape index (κ3) is 3.64. The van der Waals surface area contributed by atoms with E-state index in [1.165, 1.54) is 7.11 Å². The highest BCUT2D eigenvalue weighted by Crippen LogP contribution is 2.28. The molecule has 1 aliphatic heterocycles. The molecule has 1 aromatic carbocycles. The highest BCUT2D eigenvalue weighted by atomic mass is 16.5. The third-order valence-electron chi connectivity index (χ3n) is 4.26. The molecule has 0 aromatic heterocycles. The second kappa shape index (κ2) is 6.20. The Kier molecular flexibility index (Phi) is 4.66. The van der Waals surface area contributed by atoms with Gasteiger partial charge in [0.2, 0.25) is 5.91 Å². The summed E-state index contributed by atoms with van der Waals surface area (Å²) in [5.41, 5.74) is 8.04. The Morgan fingerprint density at radius 2 is 1.91 bits per heavy atom. The lowest BCUT2D eigenvalue weighted by molar-refractivity contribution is -0.127. The number of rotatable bonds is 3. The number of hydrogen-bond acceptors (Lipinski definition) is 5. The molecule has 0 radical (unpaired) electrons. The monoisotopic (exact) mass is 319 g/mol. The Morgan fingerprint density at radius 1 is 1.30 bits per heavy atom. The molecule has 3 N–H and O–H groups in total. The summed E-state index contributed by atoms with van der Waals surface area (Å²) in [5, 5.41) is 2.83. The molecule has 6 heteroatoms. The molecule has 6 nitrogen and oxygen atoms in total. The Bertz CT molecular complexity index is 629. The van der Waals surface area contributed by atoms with E-state index in [1.54, 1.807) is 19.1 Å². The number of ether oxygens (including phenoxy) is 1. The predicted octanol–water partition coefficient (Wildman–Crippen LogP) is 2.03. The molecule has 2 rings (SSSR count). The highest BCUT2D eigenvalue weighted by Gasteiger charge is 2.38. The zero-order valence-corrected chi connectivity index (χ0v) is 14.4. The molecule has 0 spiro atoms. The largest absolute Gasteiger partial charge is 0.465 e. The van der Waals surface area contributed by atoms with E-state index in [-0.39, 0.29) is 17.4 Å². The minimum absolute atomic E-state index is 0.0588. The Morgan fingerprint density at radius 3 is 2.43 bits per heavy atom. The fraction of sp³-hybridized carbons (Fsp3) is 0.529. The number of nitrogens with zero attached hydrogens (tertiary/aromatic N) is 1. The van der Waals surface area contributed by atoms with Gasteiger partial charge in [0.15, 0.2) is 0 Å². The maximum Gasteiger partial charge on any atom is 0.338 e. The van der Waals surface area contributed by atoms with Crippen molar-refractivity contribution in [1.82, 2.24) is 4.90 Å². The minimum atomic E-state index is -0.444. The van der Waals surface area contributed by atoms with Crippen molar-refractivity contribution in [2.45, 2.75) is 33.2 Å². The molecule has 0 aliphatic carbocycles. The molecule has 1 saturated heterocycles. The lowest BCUT2D eigenvalue weighted by Crippen LogP contribution is -2.59. The minimum Gasteiger partial charge on any atom is -0.465 e. The van der Waals surface area contributed by atoms with Crippen LogP contribution in [0.3, 0.4) is 0 Å². The van der Waals surface area contributed by atoms with Crippen LogP contribution >= 0.6 is 0 Å². The molecule has 1 amide bonds. The number of benzene rings is 1. The number of esters is 1. The highest BCUT2D eigenvalue weighted by molar-refractivity contribution is 5.99. The number of aryl methyl sites for hydroxylation is 1. The topological polar surface area (TPSA) is 84.7 Å². The van der Waals surface area contributed by atoms with E-state index < -0.39 is 5.97 Å². The van der Waals surface area contributed by atoms with Crippen molar-refractivity contribution >= 4 is 23.3 Å². The number of carbonyl (C=O) groups is 2. The number of anilines is 2. The summed E-state index contributed by atoms with van der Waals surface area (Å²) in [4.78, 5) is 26.3. The summed E-state index contributed by atoms with van der Waals surface area (Å²) in [6.07, 6.45) is 0. The van der Waals surface area contributed by atoms with Gasteiger partial charge >= 0.3 is 5.97 Å². The van der Waals surface area contributed by atoms with Gasteiger partial charge in [-0.05, 0) is 45.4 Å². The van der Waals surface area contributed by atoms with E-state index in [0.29, 0.717) is 16.9 Å². The molecule has 1 heterocycles. The van der Waals surface area contributed by atoms with Crippen LogP contribution in [0.25, 0.3) is 0 Å². The van der Waals surface area contributed by atoms with Gasteiger partial charge in [0.05, 0.1) is 30.0 Å². The van der Waals surface area contributed by atoms with Gasteiger partial charge in [0, 0.05) is 18.6 Å². The third-order valence-corrected chi connectivity index (χ3v) is 4.26. The second-order valence-electron chi connectivity index (χ2n) is 7.01. The smallest absolute Gasteiger partial charge is 0.338 e.